The Hall–Kier alpha value is -1.39. The van der Waals surface area contributed by atoms with Gasteiger partial charge in [-0.1, -0.05) is 0 Å². The van der Waals surface area contributed by atoms with Crippen LogP contribution in [0.4, 0.5) is 4.79 Å². The Bertz CT molecular complexity index is 392. The summed E-state index contributed by atoms with van der Waals surface area (Å²) in [5.74, 6) is -1.47. The van der Waals surface area contributed by atoms with Crippen LogP contribution in [0, 0.1) is 0 Å². The van der Waals surface area contributed by atoms with E-state index in [0.29, 0.717) is 0 Å². The predicted molar refractivity (Wildman–Crippen MR) is 59.9 cm³/mol. The standard InChI is InChI=1S/C8H16N2O7S/c1-5(2)17-8(14)10-18(15,16)9-6(3-4-11)7(12)13/h5-6,9,11H,3-4H2,1-2H3,(H,10,14)(H,12,13). The average molecular weight is 284 g/mol. The molecule has 0 radical (unpaired) electrons. The fourth-order valence-corrected chi connectivity index (χ4v) is 1.85. The van der Waals surface area contributed by atoms with E-state index in [1.54, 1.807) is 4.72 Å². The molecule has 0 heterocycles. The molecule has 0 saturated heterocycles. The number of aliphatic carboxylic acids is 1. The van der Waals surface area contributed by atoms with Crippen LogP contribution in [0.5, 0.6) is 0 Å². The Morgan fingerprint density at radius 1 is 1.33 bits per heavy atom. The largest absolute Gasteiger partial charge is 0.480 e. The number of nitrogens with one attached hydrogen (secondary N) is 2. The lowest BCUT2D eigenvalue weighted by molar-refractivity contribution is -0.139. The van der Waals surface area contributed by atoms with Crippen molar-refractivity contribution in [2.45, 2.75) is 32.4 Å². The monoisotopic (exact) mass is 284 g/mol. The summed E-state index contributed by atoms with van der Waals surface area (Å²) < 4.78 is 30.4. The molecular weight excluding hydrogens is 268 g/mol. The van der Waals surface area contributed by atoms with Crippen LogP contribution in [0.2, 0.25) is 0 Å². The van der Waals surface area contributed by atoms with E-state index >= 15 is 0 Å². The Balaban J connectivity index is 4.54. The number of carboxylic acids is 1. The summed E-state index contributed by atoms with van der Waals surface area (Å²) in [4.78, 5) is 21.7. The Kier molecular flexibility index (Phi) is 6.58. The van der Waals surface area contributed by atoms with E-state index in [-0.39, 0.29) is 6.42 Å². The molecule has 106 valence electrons. The number of aliphatic hydroxyl groups is 1. The predicted octanol–water partition coefficient (Wildman–Crippen LogP) is -1.21. The maximum atomic E-state index is 11.3. The molecule has 0 aliphatic heterocycles. The normalized spacial score (nSPS) is 13.1. The van der Waals surface area contributed by atoms with Crippen molar-refractivity contribution in [1.82, 2.24) is 9.44 Å². The summed E-state index contributed by atoms with van der Waals surface area (Å²) in [6, 6.07) is -1.53. The Morgan fingerprint density at radius 3 is 2.28 bits per heavy atom. The van der Waals surface area contributed by atoms with Gasteiger partial charge in [0.05, 0.1) is 6.10 Å². The van der Waals surface area contributed by atoms with Crippen LogP contribution < -0.4 is 9.44 Å². The van der Waals surface area contributed by atoms with Crippen molar-refractivity contribution >= 4 is 22.3 Å². The number of carboxylic acid groups (broad SMARTS) is 1. The van der Waals surface area contributed by atoms with Crippen LogP contribution in [0.3, 0.4) is 0 Å². The van der Waals surface area contributed by atoms with Crippen molar-refractivity contribution in [2.24, 2.45) is 0 Å². The highest BCUT2D eigenvalue weighted by Crippen LogP contribution is 1.95. The second-order valence-corrected chi connectivity index (χ2v) is 5.03. The van der Waals surface area contributed by atoms with Gasteiger partial charge < -0.3 is 14.9 Å². The van der Waals surface area contributed by atoms with Crippen molar-refractivity contribution in [3.63, 3.8) is 0 Å². The van der Waals surface area contributed by atoms with Gasteiger partial charge >= 0.3 is 22.3 Å². The molecule has 1 unspecified atom stereocenters. The van der Waals surface area contributed by atoms with E-state index in [0.717, 1.165) is 0 Å². The van der Waals surface area contributed by atoms with Gasteiger partial charge in [-0.25, -0.2) is 9.52 Å². The second-order valence-electron chi connectivity index (χ2n) is 3.58. The average Bonchev–Trinajstić information content (AvgIpc) is 2.13. The molecule has 0 saturated carbocycles. The van der Waals surface area contributed by atoms with E-state index in [2.05, 4.69) is 4.74 Å². The minimum atomic E-state index is -4.36. The Labute approximate surface area is 104 Å². The summed E-state index contributed by atoms with van der Waals surface area (Å²) in [5.41, 5.74) is 0. The van der Waals surface area contributed by atoms with Gasteiger partial charge in [-0.3, -0.25) is 4.79 Å². The fourth-order valence-electron chi connectivity index (χ4n) is 0.926. The molecule has 0 aromatic carbocycles. The number of aliphatic hydroxyl groups excluding tert-OH is 1. The third kappa shape index (κ3) is 7.04. The molecule has 1 amide bonds. The lowest BCUT2D eigenvalue weighted by atomic mass is 10.2. The summed E-state index contributed by atoms with van der Waals surface area (Å²) in [6.07, 6.45) is -2.06. The first-order valence-corrected chi connectivity index (χ1v) is 6.50. The van der Waals surface area contributed by atoms with Gasteiger partial charge in [-0.2, -0.15) is 13.1 Å². The minimum absolute atomic E-state index is 0.324. The lowest BCUT2D eigenvalue weighted by Gasteiger charge is -2.14. The van der Waals surface area contributed by atoms with Gasteiger partial charge in [-0.15, -0.1) is 0 Å². The smallest absolute Gasteiger partial charge is 0.422 e. The molecule has 0 spiro atoms. The first-order valence-electron chi connectivity index (χ1n) is 5.02. The second kappa shape index (κ2) is 7.13. The van der Waals surface area contributed by atoms with Gasteiger partial charge in [0.2, 0.25) is 0 Å². The third-order valence-electron chi connectivity index (χ3n) is 1.57. The van der Waals surface area contributed by atoms with Crippen LogP contribution in [0.1, 0.15) is 20.3 Å². The van der Waals surface area contributed by atoms with E-state index in [1.807, 2.05) is 0 Å². The van der Waals surface area contributed by atoms with Gasteiger partial charge in [0.15, 0.2) is 0 Å². The maximum absolute atomic E-state index is 11.3. The Morgan fingerprint density at radius 2 is 1.89 bits per heavy atom. The van der Waals surface area contributed by atoms with Gasteiger partial charge in [0.1, 0.15) is 6.04 Å². The molecule has 9 nitrogen and oxygen atoms in total. The summed E-state index contributed by atoms with van der Waals surface area (Å²) in [7, 11) is -4.36. The van der Waals surface area contributed by atoms with Crippen molar-refractivity contribution in [3.05, 3.63) is 0 Å². The molecule has 10 heteroatoms. The first kappa shape index (κ1) is 16.6. The highest BCUT2D eigenvalue weighted by molar-refractivity contribution is 7.88. The molecule has 0 aliphatic carbocycles. The summed E-state index contributed by atoms with van der Waals surface area (Å²) >= 11 is 0. The number of ether oxygens (including phenoxy) is 1. The fraction of sp³-hybridized carbons (Fsp3) is 0.750. The topological polar surface area (TPSA) is 142 Å². The van der Waals surface area contributed by atoms with Crippen molar-refractivity contribution in [2.75, 3.05) is 6.61 Å². The van der Waals surface area contributed by atoms with E-state index in [9.17, 15) is 18.0 Å². The zero-order valence-corrected chi connectivity index (χ0v) is 10.7. The lowest BCUT2D eigenvalue weighted by Crippen LogP contribution is -2.48. The number of rotatable bonds is 7. The quantitative estimate of drug-likeness (QED) is 0.459. The van der Waals surface area contributed by atoms with Gasteiger partial charge in [0, 0.05) is 6.61 Å². The molecule has 18 heavy (non-hydrogen) atoms. The van der Waals surface area contributed by atoms with Gasteiger partial charge in [0.25, 0.3) is 0 Å². The first-order chi connectivity index (χ1) is 8.18. The highest BCUT2D eigenvalue weighted by Gasteiger charge is 2.25. The number of hydrogen-bond donors (Lipinski definition) is 4. The van der Waals surface area contributed by atoms with Crippen LogP contribution in [-0.4, -0.2) is 49.4 Å². The number of carbonyl (C=O) groups excluding carboxylic acids is 1. The number of hydrogen-bond acceptors (Lipinski definition) is 6. The zero-order valence-electron chi connectivity index (χ0n) is 9.91. The van der Waals surface area contributed by atoms with E-state index in [4.69, 9.17) is 10.2 Å². The molecule has 4 N–H and O–H groups in total. The summed E-state index contributed by atoms with van der Waals surface area (Å²) in [6.45, 7) is 2.52. The molecule has 0 aliphatic rings. The van der Waals surface area contributed by atoms with Crippen molar-refractivity contribution in [3.8, 4) is 0 Å². The molecule has 0 aromatic heterocycles. The molecule has 1 atom stereocenters. The van der Waals surface area contributed by atoms with Gasteiger partial charge in [-0.05, 0) is 20.3 Å². The number of amides is 1. The zero-order chi connectivity index (χ0) is 14.3. The third-order valence-corrected chi connectivity index (χ3v) is 2.60. The molecule has 0 fully saturated rings. The maximum Gasteiger partial charge on any atom is 0.422 e. The van der Waals surface area contributed by atoms with Crippen molar-refractivity contribution in [1.29, 1.82) is 0 Å². The molecule has 0 aromatic rings. The van der Waals surface area contributed by atoms with Crippen molar-refractivity contribution < 1.29 is 33.0 Å². The SMILES string of the molecule is CC(C)OC(=O)NS(=O)(=O)NC(CCO)C(=O)O. The highest BCUT2D eigenvalue weighted by atomic mass is 32.2. The van der Waals surface area contributed by atoms with Crippen LogP contribution in [0.15, 0.2) is 0 Å². The minimum Gasteiger partial charge on any atom is -0.480 e. The molecular formula is C8H16N2O7S. The summed E-state index contributed by atoms with van der Waals surface area (Å²) in [5, 5.41) is 17.2. The number of carbonyl (C=O) groups is 2. The molecule has 0 bridgehead atoms. The van der Waals surface area contributed by atoms with E-state index in [1.165, 1.54) is 18.6 Å². The van der Waals surface area contributed by atoms with Crippen LogP contribution >= 0.6 is 0 Å². The molecule has 0 rings (SSSR count). The van der Waals surface area contributed by atoms with Crippen LogP contribution in [-0.2, 0) is 19.7 Å². The van der Waals surface area contributed by atoms with E-state index < -0.39 is 41.0 Å². The van der Waals surface area contributed by atoms with Crippen LogP contribution in [0.25, 0.3) is 0 Å².